The number of quaternary nitrogens is 1. The van der Waals surface area contributed by atoms with Gasteiger partial charge in [-0.2, -0.15) is 0 Å². The Bertz CT molecular complexity index is 156. The Morgan fingerprint density at radius 3 is 2.70 bits per heavy atom. The zero-order chi connectivity index (χ0) is 7.78. The van der Waals surface area contributed by atoms with Crippen molar-refractivity contribution in [2.45, 2.75) is 12.6 Å². The maximum atomic E-state index is 11.0. The summed E-state index contributed by atoms with van der Waals surface area (Å²) in [5, 5.41) is 11.4. The number of aliphatic hydroxyl groups excluding tert-OH is 1. The molecular formula is C6H13N2O2+. The quantitative estimate of drug-likeness (QED) is 0.451. The third-order valence-corrected chi connectivity index (χ3v) is 1.80. The molecule has 0 aromatic heterocycles. The van der Waals surface area contributed by atoms with E-state index in [0.717, 1.165) is 0 Å². The maximum Gasteiger partial charge on any atom is 0.418 e. The highest BCUT2D eigenvalue weighted by atomic mass is 16.3. The van der Waals surface area contributed by atoms with E-state index in [1.807, 2.05) is 14.1 Å². The molecule has 2 amide bonds. The van der Waals surface area contributed by atoms with Crippen LogP contribution in [0.2, 0.25) is 0 Å². The van der Waals surface area contributed by atoms with E-state index < -0.39 is 6.23 Å². The van der Waals surface area contributed by atoms with Gasteiger partial charge < -0.3 is 5.11 Å². The third-order valence-electron chi connectivity index (χ3n) is 1.80. The smallest absolute Gasteiger partial charge is 0.373 e. The molecule has 1 aliphatic heterocycles. The lowest BCUT2D eigenvalue weighted by Gasteiger charge is -2.32. The molecule has 0 aromatic carbocycles. The standard InChI is InChI=1S/C6H12N2O2/c1-8(2)4-3-5(9)7-6(8)10/h5,9H,3-4H2,1-2H3/p+1. The number of carbonyl (C=O) groups is 1. The van der Waals surface area contributed by atoms with Crippen LogP contribution >= 0.6 is 0 Å². The van der Waals surface area contributed by atoms with Crippen molar-refractivity contribution in [2.75, 3.05) is 20.6 Å². The van der Waals surface area contributed by atoms with Crippen LogP contribution in [0, 0.1) is 0 Å². The maximum absolute atomic E-state index is 11.0. The molecule has 10 heavy (non-hydrogen) atoms. The number of carbonyl (C=O) groups excluding carboxylic acids is 1. The molecule has 2 N–H and O–H groups in total. The summed E-state index contributed by atoms with van der Waals surface area (Å²) in [7, 11) is 3.64. The zero-order valence-corrected chi connectivity index (χ0v) is 6.29. The first-order chi connectivity index (χ1) is 4.52. The molecule has 0 saturated carbocycles. The highest BCUT2D eigenvalue weighted by molar-refractivity contribution is 5.67. The van der Waals surface area contributed by atoms with Gasteiger partial charge in [-0.05, 0) is 0 Å². The molecule has 0 spiro atoms. The van der Waals surface area contributed by atoms with Gasteiger partial charge >= 0.3 is 6.03 Å². The molecule has 0 bridgehead atoms. The molecule has 1 fully saturated rings. The van der Waals surface area contributed by atoms with E-state index in [9.17, 15) is 4.79 Å². The van der Waals surface area contributed by atoms with Crippen molar-refractivity contribution < 1.29 is 14.4 Å². The predicted molar refractivity (Wildman–Crippen MR) is 36.1 cm³/mol. The van der Waals surface area contributed by atoms with E-state index in [-0.39, 0.29) is 6.03 Å². The lowest BCUT2D eigenvalue weighted by Crippen LogP contribution is -2.59. The molecule has 1 atom stereocenters. The summed E-state index contributed by atoms with van der Waals surface area (Å²) in [4.78, 5) is 11.0. The van der Waals surface area contributed by atoms with Crippen molar-refractivity contribution in [3.63, 3.8) is 0 Å². The monoisotopic (exact) mass is 145 g/mol. The number of rotatable bonds is 0. The largest absolute Gasteiger partial charge is 0.418 e. The SMILES string of the molecule is C[N+]1(C)CCC(O)NC1=O. The minimum absolute atomic E-state index is 0.112. The lowest BCUT2D eigenvalue weighted by molar-refractivity contribution is -0.814. The number of nitrogens with one attached hydrogen (secondary N) is 1. The summed E-state index contributed by atoms with van der Waals surface area (Å²) in [5.74, 6) is 0. The van der Waals surface area contributed by atoms with Gasteiger partial charge in [0.15, 0.2) is 0 Å². The Labute approximate surface area is 60.0 Å². The van der Waals surface area contributed by atoms with Crippen LogP contribution in [0.5, 0.6) is 0 Å². The van der Waals surface area contributed by atoms with Gasteiger partial charge in [0.25, 0.3) is 0 Å². The second-order valence-corrected chi connectivity index (χ2v) is 3.16. The van der Waals surface area contributed by atoms with E-state index in [2.05, 4.69) is 5.32 Å². The van der Waals surface area contributed by atoms with Crippen LogP contribution in [0.25, 0.3) is 0 Å². The van der Waals surface area contributed by atoms with Gasteiger partial charge in [-0.15, -0.1) is 0 Å². The van der Waals surface area contributed by atoms with Crippen LogP contribution < -0.4 is 5.32 Å². The number of nitrogens with zero attached hydrogens (tertiary/aromatic N) is 1. The fourth-order valence-corrected chi connectivity index (χ4v) is 0.936. The predicted octanol–water partition coefficient (Wildman–Crippen LogP) is -0.506. The second kappa shape index (κ2) is 2.21. The van der Waals surface area contributed by atoms with Crippen molar-refractivity contribution in [2.24, 2.45) is 0 Å². The number of urea groups is 1. The van der Waals surface area contributed by atoms with Crippen LogP contribution in [-0.2, 0) is 0 Å². The van der Waals surface area contributed by atoms with Crippen LogP contribution in [0.3, 0.4) is 0 Å². The highest BCUT2D eigenvalue weighted by Gasteiger charge is 2.33. The topological polar surface area (TPSA) is 49.3 Å². The zero-order valence-electron chi connectivity index (χ0n) is 6.29. The fraction of sp³-hybridized carbons (Fsp3) is 0.833. The summed E-state index contributed by atoms with van der Waals surface area (Å²) in [6, 6.07) is -0.112. The van der Waals surface area contributed by atoms with Crippen molar-refractivity contribution in [3.05, 3.63) is 0 Å². The van der Waals surface area contributed by atoms with Crippen molar-refractivity contribution in [3.8, 4) is 0 Å². The molecule has 1 rings (SSSR count). The van der Waals surface area contributed by atoms with Gasteiger partial charge in [-0.25, -0.2) is 9.28 Å². The van der Waals surface area contributed by atoms with Gasteiger partial charge in [0.05, 0.1) is 20.6 Å². The van der Waals surface area contributed by atoms with Crippen molar-refractivity contribution in [1.29, 1.82) is 0 Å². The number of amides is 2. The van der Waals surface area contributed by atoms with E-state index in [4.69, 9.17) is 5.11 Å². The first kappa shape index (κ1) is 7.50. The minimum atomic E-state index is -0.640. The average Bonchev–Trinajstić information content (AvgIpc) is 1.81. The highest BCUT2D eigenvalue weighted by Crippen LogP contribution is 2.07. The Morgan fingerprint density at radius 1 is 1.70 bits per heavy atom. The Hall–Kier alpha value is -0.610. The summed E-state index contributed by atoms with van der Waals surface area (Å²) in [6.45, 7) is 0.701. The van der Waals surface area contributed by atoms with E-state index in [0.29, 0.717) is 17.4 Å². The average molecular weight is 145 g/mol. The Morgan fingerprint density at radius 2 is 2.30 bits per heavy atom. The van der Waals surface area contributed by atoms with Crippen molar-refractivity contribution in [1.82, 2.24) is 5.32 Å². The van der Waals surface area contributed by atoms with Gasteiger partial charge in [0, 0.05) is 6.42 Å². The molecule has 4 nitrogen and oxygen atoms in total. The van der Waals surface area contributed by atoms with Crippen LogP contribution in [0.15, 0.2) is 0 Å². The molecule has 0 aliphatic carbocycles. The Balaban J connectivity index is 2.61. The molecule has 1 saturated heterocycles. The molecule has 1 unspecified atom stereocenters. The normalized spacial score (nSPS) is 31.5. The molecular weight excluding hydrogens is 132 g/mol. The van der Waals surface area contributed by atoms with Gasteiger partial charge in [-0.1, -0.05) is 0 Å². The lowest BCUT2D eigenvalue weighted by atomic mass is 10.3. The summed E-state index contributed by atoms with van der Waals surface area (Å²) < 4.78 is 0.317. The van der Waals surface area contributed by atoms with Crippen LogP contribution in [-0.4, -0.2) is 42.5 Å². The first-order valence-electron chi connectivity index (χ1n) is 3.34. The molecule has 4 heteroatoms. The fourth-order valence-electron chi connectivity index (χ4n) is 0.936. The van der Waals surface area contributed by atoms with Crippen molar-refractivity contribution >= 4 is 6.03 Å². The first-order valence-corrected chi connectivity index (χ1v) is 3.34. The third kappa shape index (κ3) is 1.27. The number of hydrogen-bond acceptors (Lipinski definition) is 2. The molecule has 1 heterocycles. The minimum Gasteiger partial charge on any atom is -0.373 e. The van der Waals surface area contributed by atoms with Gasteiger partial charge in [0.2, 0.25) is 0 Å². The number of hydrogen-bond donors (Lipinski definition) is 2. The summed E-state index contributed by atoms with van der Waals surface area (Å²) >= 11 is 0. The molecule has 0 aromatic rings. The van der Waals surface area contributed by atoms with Gasteiger partial charge in [0.1, 0.15) is 6.23 Å². The molecule has 0 radical (unpaired) electrons. The molecule has 1 aliphatic rings. The van der Waals surface area contributed by atoms with Crippen LogP contribution in [0.1, 0.15) is 6.42 Å². The van der Waals surface area contributed by atoms with Gasteiger partial charge in [-0.3, -0.25) is 5.32 Å². The van der Waals surface area contributed by atoms with E-state index >= 15 is 0 Å². The number of aliphatic hydroxyl groups is 1. The van der Waals surface area contributed by atoms with E-state index in [1.54, 1.807) is 0 Å². The Kier molecular flexibility index (Phi) is 1.66. The molecule has 58 valence electrons. The second-order valence-electron chi connectivity index (χ2n) is 3.16. The summed E-state index contributed by atoms with van der Waals surface area (Å²) in [6.07, 6.45) is -0.00250. The summed E-state index contributed by atoms with van der Waals surface area (Å²) in [5.41, 5.74) is 0. The van der Waals surface area contributed by atoms with E-state index in [1.165, 1.54) is 0 Å². The van der Waals surface area contributed by atoms with Crippen LogP contribution in [0.4, 0.5) is 4.79 Å².